The first-order valence-corrected chi connectivity index (χ1v) is 10.1. The average Bonchev–Trinajstić information content (AvgIpc) is 3.27. The smallest absolute Gasteiger partial charge is 0.161 e. The molecule has 1 aromatic heterocycles. The van der Waals surface area contributed by atoms with E-state index >= 15 is 0 Å². The van der Waals surface area contributed by atoms with Crippen LogP contribution in [-0.2, 0) is 15.6 Å². The van der Waals surface area contributed by atoms with Crippen LogP contribution in [0.25, 0.3) is 5.57 Å². The number of sulfone groups is 1. The molecule has 1 aliphatic heterocycles. The molecule has 1 fully saturated rings. The third kappa shape index (κ3) is 4.56. The second kappa shape index (κ2) is 6.55. The van der Waals surface area contributed by atoms with Gasteiger partial charge in [0, 0.05) is 31.6 Å². The summed E-state index contributed by atoms with van der Waals surface area (Å²) in [6.07, 6.45) is 9.15. The Morgan fingerprint density at radius 2 is 2.12 bits per heavy atom. The first-order valence-electron chi connectivity index (χ1n) is 8.06. The molecule has 0 amide bonds. The Bertz CT molecular complexity index is 795. The molecule has 0 N–H and O–H groups in total. The van der Waals surface area contributed by atoms with Crippen molar-refractivity contribution in [2.24, 2.45) is 5.92 Å². The highest BCUT2D eigenvalue weighted by molar-refractivity contribution is 7.89. The van der Waals surface area contributed by atoms with E-state index in [9.17, 15) is 8.42 Å². The fraction of sp³-hybridized carbons (Fsp3) is 0.529. The van der Waals surface area contributed by atoms with Crippen LogP contribution < -0.4 is 4.74 Å². The molecule has 0 radical (unpaired) electrons. The fourth-order valence-corrected chi connectivity index (χ4v) is 3.36. The molecular weight excluding hydrogens is 326 g/mol. The third-order valence-electron chi connectivity index (χ3n) is 3.92. The number of allylic oxidation sites excluding steroid dienone is 2. The molecule has 6 nitrogen and oxygen atoms in total. The minimum absolute atomic E-state index is 0.145. The Morgan fingerprint density at radius 1 is 1.38 bits per heavy atom. The zero-order valence-corrected chi connectivity index (χ0v) is 15.1. The van der Waals surface area contributed by atoms with Gasteiger partial charge in [-0.05, 0) is 31.8 Å². The second-order valence-corrected chi connectivity index (χ2v) is 8.96. The van der Waals surface area contributed by atoms with Gasteiger partial charge in [-0.25, -0.2) is 18.4 Å². The van der Waals surface area contributed by atoms with Crippen LogP contribution in [0.3, 0.4) is 0 Å². The molecule has 2 heterocycles. The minimum atomic E-state index is -3.21. The molecule has 24 heavy (non-hydrogen) atoms. The number of hydrogen-bond acceptors (Lipinski definition) is 6. The van der Waals surface area contributed by atoms with E-state index in [4.69, 9.17) is 4.74 Å². The zero-order chi connectivity index (χ0) is 17.3. The normalized spacial score (nSPS) is 18.2. The van der Waals surface area contributed by atoms with Gasteiger partial charge in [-0.3, -0.25) is 0 Å². The highest BCUT2D eigenvalue weighted by Gasteiger charge is 2.23. The van der Waals surface area contributed by atoms with Crippen molar-refractivity contribution in [2.45, 2.75) is 25.5 Å². The van der Waals surface area contributed by atoms with Crippen molar-refractivity contribution in [1.82, 2.24) is 14.9 Å². The maximum absolute atomic E-state index is 11.7. The number of nitrogens with zero attached hydrogens (tertiary/aromatic N) is 3. The van der Waals surface area contributed by atoms with E-state index in [-0.39, 0.29) is 5.75 Å². The lowest BCUT2D eigenvalue weighted by Crippen LogP contribution is -2.18. The van der Waals surface area contributed by atoms with E-state index in [2.05, 4.69) is 14.9 Å². The van der Waals surface area contributed by atoms with Gasteiger partial charge in [0.1, 0.15) is 5.69 Å². The van der Waals surface area contributed by atoms with Crippen molar-refractivity contribution in [2.75, 3.05) is 26.5 Å². The predicted molar refractivity (Wildman–Crippen MR) is 93.2 cm³/mol. The van der Waals surface area contributed by atoms with Crippen molar-refractivity contribution in [3.8, 4) is 5.75 Å². The summed E-state index contributed by atoms with van der Waals surface area (Å²) >= 11 is 0. The number of hydrogen-bond donors (Lipinski definition) is 0. The Morgan fingerprint density at radius 3 is 2.75 bits per heavy atom. The van der Waals surface area contributed by atoms with E-state index in [1.54, 1.807) is 6.20 Å². The predicted octanol–water partition coefficient (Wildman–Crippen LogP) is 2.04. The molecule has 1 aromatic rings. The quantitative estimate of drug-likeness (QED) is 0.783. The standard InChI is InChI=1S/C17H23N3O3S/c1-12-6-14(9-20(2)8-12)17-18-7-16(23-10-13-4-5-13)15(19-17)11-24(3,21)22/h6-7,9,13H,4-5,8,10-11H2,1-3H3. The molecular formula is C17H23N3O3S. The molecule has 1 saturated carbocycles. The Balaban J connectivity index is 1.92. The SMILES string of the molecule is CC1=CC(c2ncc(OCC3CC3)c(CS(C)(=O)=O)n2)=CN(C)C1. The van der Waals surface area contributed by atoms with Crippen molar-refractivity contribution >= 4 is 15.4 Å². The van der Waals surface area contributed by atoms with Crippen LogP contribution >= 0.6 is 0 Å². The van der Waals surface area contributed by atoms with Crippen LogP contribution in [0.2, 0.25) is 0 Å². The summed E-state index contributed by atoms with van der Waals surface area (Å²) in [7, 11) is -1.22. The van der Waals surface area contributed by atoms with Crippen LogP contribution in [0.5, 0.6) is 5.75 Å². The van der Waals surface area contributed by atoms with Crippen molar-refractivity contribution in [1.29, 1.82) is 0 Å². The number of ether oxygens (including phenoxy) is 1. The van der Waals surface area contributed by atoms with Crippen LogP contribution in [0, 0.1) is 5.92 Å². The van der Waals surface area contributed by atoms with Crippen molar-refractivity contribution in [3.05, 3.63) is 35.6 Å². The molecule has 7 heteroatoms. The summed E-state index contributed by atoms with van der Waals surface area (Å²) in [5.74, 6) is 1.44. The van der Waals surface area contributed by atoms with Gasteiger partial charge < -0.3 is 9.64 Å². The van der Waals surface area contributed by atoms with Crippen molar-refractivity contribution < 1.29 is 13.2 Å². The largest absolute Gasteiger partial charge is 0.490 e. The van der Waals surface area contributed by atoms with Crippen LogP contribution in [0.4, 0.5) is 0 Å². The summed E-state index contributed by atoms with van der Waals surface area (Å²) in [6.45, 7) is 3.51. The summed E-state index contributed by atoms with van der Waals surface area (Å²) in [5.41, 5.74) is 2.52. The summed E-state index contributed by atoms with van der Waals surface area (Å²) in [4.78, 5) is 10.9. The van der Waals surface area contributed by atoms with Crippen LogP contribution in [-0.4, -0.2) is 49.7 Å². The monoisotopic (exact) mass is 349 g/mol. The third-order valence-corrected chi connectivity index (χ3v) is 4.72. The van der Waals surface area contributed by atoms with Gasteiger partial charge >= 0.3 is 0 Å². The topological polar surface area (TPSA) is 72.4 Å². The Labute approximate surface area is 143 Å². The maximum atomic E-state index is 11.7. The Hall–Kier alpha value is -1.89. The van der Waals surface area contributed by atoms with Gasteiger partial charge in [-0.2, -0.15) is 0 Å². The first-order chi connectivity index (χ1) is 11.3. The molecule has 0 aromatic carbocycles. The van der Waals surface area contributed by atoms with Crippen LogP contribution in [0.15, 0.2) is 24.0 Å². The minimum Gasteiger partial charge on any atom is -0.490 e. The highest BCUT2D eigenvalue weighted by atomic mass is 32.2. The lowest BCUT2D eigenvalue weighted by molar-refractivity contribution is 0.294. The van der Waals surface area contributed by atoms with E-state index < -0.39 is 9.84 Å². The van der Waals surface area contributed by atoms with Crippen LogP contribution in [0.1, 0.15) is 31.3 Å². The molecule has 0 unspecified atom stereocenters. The molecule has 130 valence electrons. The molecule has 0 bridgehead atoms. The molecule has 1 aliphatic carbocycles. The summed E-state index contributed by atoms with van der Waals surface area (Å²) in [5, 5.41) is 0. The Kier molecular flexibility index (Phi) is 4.62. The molecule has 0 spiro atoms. The fourth-order valence-electron chi connectivity index (χ4n) is 2.66. The van der Waals surface area contributed by atoms with Gasteiger partial charge in [0.2, 0.25) is 0 Å². The van der Waals surface area contributed by atoms with E-state index in [1.165, 1.54) is 24.7 Å². The van der Waals surface area contributed by atoms with Crippen molar-refractivity contribution in [3.63, 3.8) is 0 Å². The highest BCUT2D eigenvalue weighted by Crippen LogP contribution is 2.30. The van der Waals surface area contributed by atoms with Gasteiger partial charge in [-0.15, -0.1) is 0 Å². The maximum Gasteiger partial charge on any atom is 0.161 e. The van der Waals surface area contributed by atoms with E-state index in [1.807, 2.05) is 26.2 Å². The first kappa shape index (κ1) is 17.0. The second-order valence-electron chi connectivity index (χ2n) is 6.82. The number of aromatic nitrogens is 2. The molecule has 3 rings (SSSR count). The number of likely N-dealkylation sites (N-methyl/N-ethyl adjacent to an activating group) is 1. The molecule has 2 aliphatic rings. The van der Waals surface area contributed by atoms with E-state index in [0.717, 1.165) is 12.1 Å². The van der Waals surface area contributed by atoms with Gasteiger partial charge in [0.25, 0.3) is 0 Å². The zero-order valence-electron chi connectivity index (χ0n) is 14.3. The summed E-state index contributed by atoms with van der Waals surface area (Å²) in [6, 6.07) is 0. The lowest BCUT2D eigenvalue weighted by Gasteiger charge is -2.21. The average molecular weight is 349 g/mol. The lowest BCUT2D eigenvalue weighted by atomic mass is 10.1. The number of rotatable bonds is 6. The van der Waals surface area contributed by atoms with Gasteiger partial charge in [0.05, 0.1) is 18.6 Å². The molecule has 0 saturated heterocycles. The van der Waals surface area contributed by atoms with Gasteiger partial charge in [-0.1, -0.05) is 5.57 Å². The summed E-state index contributed by atoms with van der Waals surface area (Å²) < 4.78 is 29.2. The van der Waals surface area contributed by atoms with E-state index in [0.29, 0.717) is 29.8 Å². The molecule has 0 atom stereocenters. The van der Waals surface area contributed by atoms with Gasteiger partial charge in [0.15, 0.2) is 21.4 Å².